The van der Waals surface area contributed by atoms with Crippen molar-refractivity contribution < 1.29 is 19.1 Å². The van der Waals surface area contributed by atoms with Crippen LogP contribution >= 0.6 is 0 Å². The van der Waals surface area contributed by atoms with Gasteiger partial charge in [-0.1, -0.05) is 0 Å². The standard InChI is InChI=1S/C19H16N6O6/c1-3-31-19(30)23-25-8(2)21-12-5-4-9(6-10(12)18(25)29)24-13(26)7-11-14(15(24)20)17(28)22-16(11)27/h4-7H,3,20H2,1-2H3,(H,23,30)(H,22,27,28). The lowest BCUT2D eigenvalue weighted by molar-refractivity contribution is 0.0879. The first-order valence-electron chi connectivity index (χ1n) is 9.11. The molecule has 3 amide bonds. The SMILES string of the molecule is CCOC(=O)Nn1c(C)nc2ccc(-n3c(N)c4c(cc3=O)C(=O)NC4=O)cc2c1=O. The Morgan fingerprint density at radius 2 is 1.94 bits per heavy atom. The van der Waals surface area contributed by atoms with E-state index in [1.54, 1.807) is 6.92 Å². The van der Waals surface area contributed by atoms with E-state index >= 15 is 0 Å². The molecule has 12 nitrogen and oxygen atoms in total. The molecule has 3 aromatic rings. The van der Waals surface area contributed by atoms with Crippen LogP contribution in [0.5, 0.6) is 0 Å². The molecule has 31 heavy (non-hydrogen) atoms. The number of nitrogens with two attached hydrogens (primary N) is 1. The lowest BCUT2D eigenvalue weighted by Crippen LogP contribution is -2.36. The van der Waals surface area contributed by atoms with Gasteiger partial charge in [-0.3, -0.25) is 29.1 Å². The van der Waals surface area contributed by atoms with Gasteiger partial charge in [-0.15, -0.1) is 0 Å². The second-order valence-corrected chi connectivity index (χ2v) is 6.61. The van der Waals surface area contributed by atoms with Crippen LogP contribution in [0.4, 0.5) is 10.6 Å². The van der Waals surface area contributed by atoms with E-state index in [0.29, 0.717) is 5.52 Å². The van der Waals surface area contributed by atoms with Gasteiger partial charge in [-0.2, -0.15) is 4.68 Å². The van der Waals surface area contributed by atoms with Crippen molar-refractivity contribution >= 4 is 34.6 Å². The topological polar surface area (TPSA) is 167 Å². The predicted octanol–water partition coefficient (Wildman–Crippen LogP) is 0.0216. The lowest BCUT2D eigenvalue weighted by Gasteiger charge is -2.14. The van der Waals surface area contributed by atoms with Gasteiger partial charge in [0.15, 0.2) is 0 Å². The molecule has 4 rings (SSSR count). The van der Waals surface area contributed by atoms with E-state index in [1.807, 2.05) is 0 Å². The van der Waals surface area contributed by atoms with E-state index in [0.717, 1.165) is 15.3 Å². The number of aromatic nitrogens is 3. The number of anilines is 1. The summed E-state index contributed by atoms with van der Waals surface area (Å²) >= 11 is 0. The Morgan fingerprint density at radius 1 is 1.19 bits per heavy atom. The number of rotatable bonds is 3. The highest BCUT2D eigenvalue weighted by Crippen LogP contribution is 2.23. The summed E-state index contributed by atoms with van der Waals surface area (Å²) in [4.78, 5) is 65.5. The van der Waals surface area contributed by atoms with Gasteiger partial charge < -0.3 is 10.5 Å². The second kappa shape index (κ2) is 7.09. The van der Waals surface area contributed by atoms with Crippen LogP contribution in [0.2, 0.25) is 0 Å². The maximum absolute atomic E-state index is 12.9. The zero-order chi connectivity index (χ0) is 22.4. The molecule has 0 radical (unpaired) electrons. The summed E-state index contributed by atoms with van der Waals surface area (Å²) in [6.07, 6.45) is -0.834. The summed E-state index contributed by atoms with van der Waals surface area (Å²) in [5, 5.41) is 2.16. The molecule has 12 heteroatoms. The van der Waals surface area contributed by atoms with Crippen molar-refractivity contribution in [2.45, 2.75) is 13.8 Å². The summed E-state index contributed by atoms with van der Waals surface area (Å²) in [5.74, 6) is -1.45. The molecule has 0 bridgehead atoms. The number of nitrogen functional groups attached to an aromatic ring is 1. The molecular formula is C19H16N6O6. The van der Waals surface area contributed by atoms with Gasteiger partial charge >= 0.3 is 6.09 Å². The van der Waals surface area contributed by atoms with Crippen LogP contribution in [0.15, 0.2) is 33.9 Å². The number of fused-ring (bicyclic) bond motifs is 2. The van der Waals surface area contributed by atoms with Crippen molar-refractivity contribution in [3.8, 4) is 5.69 Å². The quantitative estimate of drug-likeness (QED) is 0.495. The number of ether oxygens (including phenoxy) is 1. The molecule has 1 aliphatic rings. The fourth-order valence-electron chi connectivity index (χ4n) is 3.36. The zero-order valence-electron chi connectivity index (χ0n) is 16.4. The first kappa shape index (κ1) is 19.8. The number of nitrogens with zero attached hydrogens (tertiary/aromatic N) is 3. The number of nitrogens with one attached hydrogen (secondary N) is 2. The molecule has 2 aromatic heterocycles. The van der Waals surface area contributed by atoms with Crippen molar-refractivity contribution in [3.63, 3.8) is 0 Å². The van der Waals surface area contributed by atoms with E-state index in [9.17, 15) is 24.0 Å². The molecule has 0 saturated carbocycles. The van der Waals surface area contributed by atoms with Gasteiger partial charge in [-0.05, 0) is 32.0 Å². The molecule has 0 spiro atoms. The number of carbonyl (C=O) groups excluding carboxylic acids is 3. The molecule has 0 unspecified atom stereocenters. The molecule has 1 aliphatic heterocycles. The highest BCUT2D eigenvalue weighted by Gasteiger charge is 2.31. The van der Waals surface area contributed by atoms with Crippen LogP contribution in [0.3, 0.4) is 0 Å². The average molecular weight is 424 g/mol. The van der Waals surface area contributed by atoms with Crippen LogP contribution < -0.4 is 27.6 Å². The van der Waals surface area contributed by atoms with Crippen molar-refractivity contribution in [1.29, 1.82) is 0 Å². The van der Waals surface area contributed by atoms with Crippen LogP contribution in [0, 0.1) is 6.92 Å². The smallest absolute Gasteiger partial charge is 0.426 e. The maximum Gasteiger partial charge on any atom is 0.426 e. The molecule has 0 aliphatic carbocycles. The molecule has 158 valence electrons. The maximum atomic E-state index is 12.9. The number of amides is 3. The summed E-state index contributed by atoms with van der Waals surface area (Å²) in [7, 11) is 0. The lowest BCUT2D eigenvalue weighted by atomic mass is 10.1. The Morgan fingerprint density at radius 3 is 2.65 bits per heavy atom. The number of hydrogen-bond donors (Lipinski definition) is 3. The monoisotopic (exact) mass is 424 g/mol. The molecule has 0 atom stereocenters. The largest absolute Gasteiger partial charge is 0.449 e. The Bertz CT molecular complexity index is 1420. The van der Waals surface area contributed by atoms with Gasteiger partial charge in [0.25, 0.3) is 22.9 Å². The van der Waals surface area contributed by atoms with E-state index in [4.69, 9.17) is 10.5 Å². The molecule has 3 heterocycles. The third-order valence-electron chi connectivity index (χ3n) is 4.71. The zero-order valence-corrected chi connectivity index (χ0v) is 16.4. The van der Waals surface area contributed by atoms with Gasteiger partial charge in [-0.25, -0.2) is 15.2 Å². The van der Waals surface area contributed by atoms with Crippen molar-refractivity contribution in [1.82, 2.24) is 19.5 Å². The van der Waals surface area contributed by atoms with Crippen LogP contribution in [0.1, 0.15) is 33.5 Å². The van der Waals surface area contributed by atoms with Crippen LogP contribution in [-0.2, 0) is 4.74 Å². The fraction of sp³-hybridized carbons (Fsp3) is 0.158. The first-order chi connectivity index (χ1) is 14.7. The number of benzene rings is 1. The number of pyridine rings is 1. The Labute approximate surface area is 173 Å². The summed E-state index contributed by atoms with van der Waals surface area (Å²) < 4.78 is 6.72. The third kappa shape index (κ3) is 3.10. The van der Waals surface area contributed by atoms with E-state index in [1.165, 1.54) is 25.1 Å². The van der Waals surface area contributed by atoms with Gasteiger partial charge in [0.05, 0.1) is 34.3 Å². The van der Waals surface area contributed by atoms with Crippen molar-refractivity contribution in [2.75, 3.05) is 17.8 Å². The number of imide groups is 1. The van der Waals surface area contributed by atoms with Gasteiger partial charge in [0.2, 0.25) is 0 Å². The van der Waals surface area contributed by atoms with Gasteiger partial charge in [0.1, 0.15) is 11.6 Å². The normalized spacial score (nSPS) is 12.6. The molecule has 0 fully saturated rings. The number of hydrogen-bond acceptors (Lipinski definition) is 8. The Kier molecular flexibility index (Phi) is 4.53. The number of carbonyl (C=O) groups is 3. The van der Waals surface area contributed by atoms with Crippen molar-refractivity contribution in [3.05, 3.63) is 61.9 Å². The summed E-state index contributed by atoms with van der Waals surface area (Å²) in [6, 6.07) is 5.35. The Hall–Kier alpha value is -4.48. The molecular weight excluding hydrogens is 408 g/mol. The first-order valence-corrected chi connectivity index (χ1v) is 9.11. The average Bonchev–Trinajstić information content (AvgIpc) is 2.99. The highest BCUT2D eigenvalue weighted by molar-refractivity contribution is 6.23. The summed E-state index contributed by atoms with van der Waals surface area (Å²) in [5.41, 5.74) is 7.32. The summed E-state index contributed by atoms with van der Waals surface area (Å²) in [6.45, 7) is 3.26. The third-order valence-corrected chi connectivity index (χ3v) is 4.71. The van der Waals surface area contributed by atoms with Crippen LogP contribution in [0.25, 0.3) is 16.6 Å². The highest BCUT2D eigenvalue weighted by atomic mass is 16.6. The minimum absolute atomic E-state index is 0.0761. The van der Waals surface area contributed by atoms with E-state index < -0.39 is 29.0 Å². The second-order valence-electron chi connectivity index (χ2n) is 6.61. The van der Waals surface area contributed by atoms with E-state index in [-0.39, 0.29) is 40.4 Å². The van der Waals surface area contributed by atoms with E-state index in [2.05, 4.69) is 15.7 Å². The minimum Gasteiger partial charge on any atom is -0.449 e. The predicted molar refractivity (Wildman–Crippen MR) is 109 cm³/mol. The minimum atomic E-state index is -0.834. The molecule has 0 saturated heterocycles. The van der Waals surface area contributed by atoms with Crippen molar-refractivity contribution in [2.24, 2.45) is 0 Å². The fourth-order valence-corrected chi connectivity index (χ4v) is 3.36. The number of aryl methyl sites for hydroxylation is 1. The Balaban J connectivity index is 1.91. The van der Waals surface area contributed by atoms with Gasteiger partial charge in [0, 0.05) is 6.07 Å². The van der Waals surface area contributed by atoms with Crippen LogP contribution in [-0.4, -0.2) is 38.7 Å². The molecule has 4 N–H and O–H groups in total. The molecule has 1 aromatic carbocycles.